The number of hydrogen-bond acceptors (Lipinski definition) is 1. The van der Waals surface area contributed by atoms with Crippen LogP contribution in [0.3, 0.4) is 0 Å². The van der Waals surface area contributed by atoms with Crippen LogP contribution in [0.25, 0.3) is 11.1 Å². The molecule has 1 N–H and O–H groups in total. The van der Waals surface area contributed by atoms with Gasteiger partial charge in [0.15, 0.2) is 0 Å². The topological polar surface area (TPSA) is 23.9 Å². The molecule has 10 rings (SSSR count). The minimum Gasteiger partial charge on any atom is -0.312 e. The number of allylic oxidation sites excluding steroid dienone is 16. The first-order valence-electron chi connectivity index (χ1n) is 28.4. The van der Waals surface area contributed by atoms with Crippen molar-refractivity contribution in [2.45, 2.75) is 122 Å². The summed E-state index contributed by atoms with van der Waals surface area (Å²) in [6.45, 7) is 18.4. The van der Waals surface area contributed by atoms with Gasteiger partial charge in [0.2, 0.25) is 0 Å². The molecule has 0 aliphatic heterocycles. The summed E-state index contributed by atoms with van der Waals surface area (Å²) in [5.41, 5.74) is 20.9. The molecule has 2 bridgehead atoms. The highest BCUT2D eigenvalue weighted by Gasteiger charge is 2.53. The molecule has 0 radical (unpaired) electrons. The summed E-state index contributed by atoms with van der Waals surface area (Å²) >= 11 is 0. The van der Waals surface area contributed by atoms with Gasteiger partial charge in [-0.25, -0.2) is 0 Å². The first kappa shape index (κ1) is 53.0. The molecule has 1 heteroatoms. The molecule has 0 aromatic heterocycles. The van der Waals surface area contributed by atoms with Crippen LogP contribution in [0.15, 0.2) is 259 Å². The molecular weight excluding hydrogens is 903 g/mol. The van der Waals surface area contributed by atoms with E-state index >= 15 is 0 Å². The molecule has 5 aliphatic carbocycles. The van der Waals surface area contributed by atoms with Crippen molar-refractivity contribution >= 4 is 17.4 Å². The Kier molecular flexibility index (Phi) is 17.8. The van der Waals surface area contributed by atoms with Gasteiger partial charge in [-0.1, -0.05) is 232 Å². The summed E-state index contributed by atoms with van der Waals surface area (Å²) in [6, 6.07) is 54.3. The van der Waals surface area contributed by atoms with Crippen LogP contribution in [-0.4, -0.2) is 6.21 Å². The van der Waals surface area contributed by atoms with Crippen LogP contribution in [0.2, 0.25) is 0 Å². The van der Waals surface area contributed by atoms with E-state index in [-0.39, 0.29) is 22.7 Å². The van der Waals surface area contributed by atoms with Crippen LogP contribution >= 0.6 is 0 Å². The van der Waals surface area contributed by atoms with Gasteiger partial charge < -0.3 is 5.41 Å². The molecule has 0 saturated carbocycles. The van der Waals surface area contributed by atoms with Gasteiger partial charge in [0.05, 0.1) is 0 Å². The van der Waals surface area contributed by atoms with E-state index in [9.17, 15) is 0 Å². The van der Waals surface area contributed by atoms with E-state index < -0.39 is 0 Å². The number of hydrogen-bond donors (Lipinski definition) is 1. The molecule has 382 valence electrons. The minimum absolute atomic E-state index is 0.0520. The number of benzene rings is 5. The Bertz CT molecular complexity index is 2930. The van der Waals surface area contributed by atoms with Crippen molar-refractivity contribution in [3.05, 3.63) is 286 Å². The summed E-state index contributed by atoms with van der Waals surface area (Å²) in [7, 11) is 0. The zero-order valence-electron chi connectivity index (χ0n) is 45.2. The van der Waals surface area contributed by atoms with Crippen LogP contribution in [0.1, 0.15) is 150 Å². The molecule has 0 heterocycles. The van der Waals surface area contributed by atoms with Crippen LogP contribution in [-0.2, 0) is 0 Å². The fourth-order valence-electron chi connectivity index (χ4n) is 13.8. The molecule has 5 aliphatic rings. The molecular formula is C74H81N. The van der Waals surface area contributed by atoms with Crippen molar-refractivity contribution in [2.24, 2.45) is 22.7 Å². The van der Waals surface area contributed by atoms with Gasteiger partial charge in [0.1, 0.15) is 0 Å². The Balaban J connectivity index is 0.000000366. The van der Waals surface area contributed by atoms with Crippen molar-refractivity contribution in [3.63, 3.8) is 0 Å². The monoisotopic (exact) mass is 984 g/mol. The van der Waals surface area contributed by atoms with E-state index in [1.165, 1.54) is 111 Å². The quantitative estimate of drug-likeness (QED) is 0.0545. The maximum Gasteiger partial charge on any atom is 0.0252 e. The van der Waals surface area contributed by atoms with Crippen LogP contribution in [0.4, 0.5) is 0 Å². The van der Waals surface area contributed by atoms with E-state index in [4.69, 9.17) is 18.6 Å². The molecule has 0 fully saturated rings. The summed E-state index contributed by atoms with van der Waals surface area (Å²) in [6.07, 6.45) is 36.4. The molecule has 5 aromatic rings. The van der Waals surface area contributed by atoms with Gasteiger partial charge in [-0.05, 0) is 199 Å². The second kappa shape index (κ2) is 25.1. The Hall–Kier alpha value is -6.83. The lowest BCUT2D eigenvalue weighted by Crippen LogP contribution is -2.44. The molecule has 4 atom stereocenters. The highest BCUT2D eigenvalue weighted by Crippen LogP contribution is 2.64. The van der Waals surface area contributed by atoms with E-state index in [1.807, 2.05) is 6.08 Å². The predicted molar refractivity (Wildman–Crippen MR) is 323 cm³/mol. The van der Waals surface area contributed by atoms with Gasteiger partial charge >= 0.3 is 0 Å². The third-order valence-corrected chi connectivity index (χ3v) is 18.0. The van der Waals surface area contributed by atoms with Crippen molar-refractivity contribution < 1.29 is 0 Å². The Labute approximate surface area is 451 Å². The maximum atomic E-state index is 8.92. The summed E-state index contributed by atoms with van der Waals surface area (Å²) in [4.78, 5) is 0. The molecule has 1 nitrogen and oxygen atoms in total. The normalized spacial score (nSPS) is 22.9. The average Bonchev–Trinajstić information content (AvgIpc) is 4.23. The highest BCUT2D eigenvalue weighted by atomic mass is 14.6. The largest absolute Gasteiger partial charge is 0.312 e. The van der Waals surface area contributed by atoms with Crippen LogP contribution in [0.5, 0.6) is 0 Å². The summed E-state index contributed by atoms with van der Waals surface area (Å²) < 4.78 is 0. The van der Waals surface area contributed by atoms with Crippen molar-refractivity contribution in [3.8, 4) is 0 Å². The standard InChI is InChI=1S/C58H63N.C16H18/c1-5-57(37-34-43(3)53(41-59)56(48-28-17-9-18-29-48)49-30-19-10-20-31-49)36-33-42(2)44(4)54(45-22-11-6-12-23-45)50-32-21-35-58(57,39-50)40-51-38-52(51)55(46-24-13-7-14-25-46)47-26-15-8-16-27-47;1-2-9-16(14-10-5-3-6-11-14)15-12-7-4-8-13-15/h6-11,13-20,24-32,38,41,45,53,56,59H,2-3,5,12,21-23,33-37,39-40H2,1,4H3;2-3,5-6,9-12H,1,4,7-8,13H2/b54-44-,59-41?;16-9+. The molecule has 0 saturated heterocycles. The fourth-order valence-corrected chi connectivity index (χ4v) is 13.8. The van der Waals surface area contributed by atoms with Gasteiger partial charge in [-0.3, -0.25) is 0 Å². The SMILES string of the molecule is C=C/C=C(/C1=CCCCC1)c1ccccc1.C=C1CCC(CC)(CCC(=C)C(C=N)C(c2ccccc2)c2ccccc2)C2(CC3=CC3=C(c3ccccc3)c3ccccc3)CCC=C(C2)/C(C2CC=CCC2)=C\1C. The van der Waals surface area contributed by atoms with E-state index in [1.54, 1.807) is 17.4 Å². The molecule has 5 aromatic carbocycles. The molecule has 0 amide bonds. The summed E-state index contributed by atoms with van der Waals surface area (Å²) in [5.74, 6) is 0.524. The second-order valence-corrected chi connectivity index (χ2v) is 22.2. The molecule has 4 unspecified atom stereocenters. The van der Waals surface area contributed by atoms with Crippen LogP contribution < -0.4 is 0 Å². The minimum atomic E-state index is -0.0902. The second-order valence-electron chi connectivity index (χ2n) is 22.2. The fraction of sp³-hybridized carbons (Fsp3) is 0.311. The maximum absolute atomic E-state index is 8.92. The third kappa shape index (κ3) is 12.2. The Morgan fingerprint density at radius 1 is 0.720 bits per heavy atom. The van der Waals surface area contributed by atoms with Crippen molar-refractivity contribution in [2.75, 3.05) is 0 Å². The van der Waals surface area contributed by atoms with E-state index in [2.05, 4.69) is 209 Å². The van der Waals surface area contributed by atoms with Gasteiger partial charge in [0.25, 0.3) is 0 Å². The lowest BCUT2D eigenvalue weighted by atomic mass is 9.50. The average molecular weight is 984 g/mol. The third-order valence-electron chi connectivity index (χ3n) is 18.0. The smallest absolute Gasteiger partial charge is 0.0252 e. The Morgan fingerprint density at radius 3 is 1.88 bits per heavy atom. The molecule has 0 spiro atoms. The predicted octanol–water partition coefficient (Wildman–Crippen LogP) is 20.5. The highest BCUT2D eigenvalue weighted by molar-refractivity contribution is 5.91. The van der Waals surface area contributed by atoms with Crippen LogP contribution in [0, 0.1) is 28.1 Å². The van der Waals surface area contributed by atoms with Crippen molar-refractivity contribution in [1.29, 1.82) is 5.41 Å². The summed E-state index contributed by atoms with van der Waals surface area (Å²) in [5, 5.41) is 8.92. The first-order chi connectivity index (χ1) is 36.8. The number of rotatable bonds is 17. The first-order valence-corrected chi connectivity index (χ1v) is 28.4. The number of nitrogens with one attached hydrogen (secondary N) is 1. The zero-order chi connectivity index (χ0) is 52.0. The van der Waals surface area contributed by atoms with E-state index in [0.29, 0.717) is 5.92 Å². The van der Waals surface area contributed by atoms with Gasteiger partial charge in [0, 0.05) is 18.1 Å². The lowest BCUT2D eigenvalue weighted by molar-refractivity contribution is -0.000883. The van der Waals surface area contributed by atoms with Crippen molar-refractivity contribution in [1.82, 2.24) is 0 Å². The Morgan fingerprint density at radius 2 is 1.33 bits per heavy atom. The van der Waals surface area contributed by atoms with E-state index in [0.717, 1.165) is 64.2 Å². The zero-order valence-corrected chi connectivity index (χ0v) is 45.2. The lowest BCUT2D eigenvalue weighted by Gasteiger charge is -2.54. The van der Waals surface area contributed by atoms with Gasteiger partial charge in [-0.15, -0.1) is 0 Å². The van der Waals surface area contributed by atoms with Gasteiger partial charge in [-0.2, -0.15) is 0 Å². The number of fused-ring (bicyclic) bond motifs is 2. The molecule has 75 heavy (non-hydrogen) atoms.